The van der Waals surface area contributed by atoms with Crippen LogP contribution in [0.3, 0.4) is 0 Å². The van der Waals surface area contributed by atoms with Crippen molar-refractivity contribution in [3.8, 4) is 5.75 Å². The van der Waals surface area contributed by atoms with Gasteiger partial charge in [0.2, 0.25) is 0 Å². The molecule has 1 aromatic carbocycles. The van der Waals surface area contributed by atoms with Crippen LogP contribution >= 0.6 is 0 Å². The maximum absolute atomic E-state index is 12.0. The first-order chi connectivity index (χ1) is 11.8. The number of hydrogen-bond donors (Lipinski definition) is 1. The SMILES string of the molecule is C[C@H](Oc1ccc(C(C)(C)C)cc1)C(=O)OCC(=O)NC1CCCC1. The van der Waals surface area contributed by atoms with Crippen molar-refractivity contribution in [1.29, 1.82) is 0 Å². The Kier molecular flexibility index (Phi) is 6.45. The van der Waals surface area contributed by atoms with Crippen LogP contribution in [0.25, 0.3) is 0 Å². The zero-order chi connectivity index (χ0) is 18.4. The van der Waals surface area contributed by atoms with Gasteiger partial charge < -0.3 is 14.8 Å². The average Bonchev–Trinajstić information content (AvgIpc) is 3.05. The van der Waals surface area contributed by atoms with Crippen LogP contribution in [-0.4, -0.2) is 30.6 Å². The van der Waals surface area contributed by atoms with Gasteiger partial charge in [-0.25, -0.2) is 4.79 Å². The van der Waals surface area contributed by atoms with Crippen molar-refractivity contribution in [2.24, 2.45) is 0 Å². The summed E-state index contributed by atoms with van der Waals surface area (Å²) in [7, 11) is 0. The summed E-state index contributed by atoms with van der Waals surface area (Å²) in [5.41, 5.74) is 1.26. The standard InChI is InChI=1S/C20H29NO4/c1-14(25-17-11-9-15(10-12-17)20(2,3)4)19(23)24-13-18(22)21-16-7-5-6-8-16/h9-12,14,16H,5-8,13H2,1-4H3,(H,21,22)/t14-/m0/s1. The highest BCUT2D eigenvalue weighted by atomic mass is 16.6. The van der Waals surface area contributed by atoms with Crippen LogP contribution in [0.4, 0.5) is 0 Å². The molecular weight excluding hydrogens is 318 g/mol. The van der Waals surface area contributed by atoms with Crippen molar-refractivity contribution in [3.05, 3.63) is 29.8 Å². The fourth-order valence-electron chi connectivity index (χ4n) is 2.88. The van der Waals surface area contributed by atoms with Crippen LogP contribution in [0, 0.1) is 0 Å². The molecule has 1 atom stereocenters. The molecule has 1 amide bonds. The van der Waals surface area contributed by atoms with E-state index >= 15 is 0 Å². The van der Waals surface area contributed by atoms with Gasteiger partial charge in [-0.05, 0) is 42.9 Å². The summed E-state index contributed by atoms with van der Waals surface area (Å²) in [6, 6.07) is 7.89. The topological polar surface area (TPSA) is 64.6 Å². The van der Waals surface area contributed by atoms with Crippen molar-refractivity contribution < 1.29 is 19.1 Å². The first-order valence-electron chi connectivity index (χ1n) is 8.99. The molecule has 0 unspecified atom stereocenters. The van der Waals surface area contributed by atoms with E-state index in [2.05, 4.69) is 26.1 Å². The molecular formula is C20H29NO4. The molecule has 5 heteroatoms. The van der Waals surface area contributed by atoms with Crippen LogP contribution in [0.15, 0.2) is 24.3 Å². The van der Waals surface area contributed by atoms with Gasteiger partial charge in [0.05, 0.1) is 0 Å². The minimum absolute atomic E-state index is 0.0652. The molecule has 0 heterocycles. The number of carbonyl (C=O) groups excluding carboxylic acids is 2. The highest BCUT2D eigenvalue weighted by molar-refractivity contribution is 5.82. The van der Waals surface area contributed by atoms with E-state index in [1.165, 1.54) is 5.56 Å². The number of ether oxygens (including phenoxy) is 2. The quantitative estimate of drug-likeness (QED) is 0.802. The molecule has 5 nitrogen and oxygen atoms in total. The smallest absolute Gasteiger partial charge is 0.347 e. The molecule has 25 heavy (non-hydrogen) atoms. The molecule has 0 spiro atoms. The Balaban J connectivity index is 1.76. The van der Waals surface area contributed by atoms with Crippen molar-refractivity contribution in [3.63, 3.8) is 0 Å². The van der Waals surface area contributed by atoms with E-state index in [-0.39, 0.29) is 24.0 Å². The molecule has 0 bridgehead atoms. The van der Waals surface area contributed by atoms with Crippen molar-refractivity contribution >= 4 is 11.9 Å². The number of nitrogens with one attached hydrogen (secondary N) is 1. The van der Waals surface area contributed by atoms with E-state index in [4.69, 9.17) is 9.47 Å². The van der Waals surface area contributed by atoms with Gasteiger partial charge in [0.25, 0.3) is 5.91 Å². The van der Waals surface area contributed by atoms with Crippen LogP contribution in [0.2, 0.25) is 0 Å². The van der Waals surface area contributed by atoms with Crippen molar-refractivity contribution in [2.45, 2.75) is 70.9 Å². The van der Waals surface area contributed by atoms with E-state index in [1.54, 1.807) is 6.92 Å². The Hall–Kier alpha value is -2.04. The summed E-state index contributed by atoms with van der Waals surface area (Å²) in [5, 5.41) is 2.89. The molecule has 138 valence electrons. The number of amides is 1. The molecule has 0 aliphatic heterocycles. The monoisotopic (exact) mass is 347 g/mol. The molecule has 1 aliphatic carbocycles. The summed E-state index contributed by atoms with van der Waals surface area (Å²) in [4.78, 5) is 23.8. The first kappa shape index (κ1) is 19.3. The molecule has 1 saturated carbocycles. The third-order valence-corrected chi connectivity index (χ3v) is 4.43. The molecule has 2 rings (SSSR count). The minimum Gasteiger partial charge on any atom is -0.479 e. The summed E-state index contributed by atoms with van der Waals surface area (Å²) >= 11 is 0. The van der Waals surface area contributed by atoms with Crippen LogP contribution < -0.4 is 10.1 Å². The largest absolute Gasteiger partial charge is 0.479 e. The van der Waals surface area contributed by atoms with Gasteiger partial charge in [0.1, 0.15) is 5.75 Å². The van der Waals surface area contributed by atoms with Gasteiger partial charge in [0, 0.05) is 6.04 Å². The second-order valence-electron chi connectivity index (χ2n) is 7.69. The van der Waals surface area contributed by atoms with Crippen molar-refractivity contribution in [2.75, 3.05) is 6.61 Å². The van der Waals surface area contributed by atoms with Gasteiger partial charge in [-0.15, -0.1) is 0 Å². The Morgan fingerprint density at radius 2 is 1.76 bits per heavy atom. The van der Waals surface area contributed by atoms with Crippen molar-refractivity contribution in [1.82, 2.24) is 5.32 Å². The predicted molar refractivity (Wildman–Crippen MR) is 96.6 cm³/mol. The van der Waals surface area contributed by atoms with Crippen LogP contribution in [-0.2, 0) is 19.7 Å². The fraction of sp³-hybridized carbons (Fsp3) is 0.600. The lowest BCUT2D eigenvalue weighted by atomic mass is 9.87. The molecule has 0 saturated heterocycles. The Morgan fingerprint density at radius 3 is 2.32 bits per heavy atom. The Morgan fingerprint density at radius 1 is 1.16 bits per heavy atom. The van der Waals surface area contributed by atoms with Gasteiger partial charge in [-0.2, -0.15) is 0 Å². The van der Waals surface area contributed by atoms with E-state index in [0.29, 0.717) is 5.75 Å². The average molecular weight is 347 g/mol. The number of rotatable bonds is 6. The number of benzene rings is 1. The first-order valence-corrected chi connectivity index (χ1v) is 8.99. The lowest BCUT2D eigenvalue weighted by Crippen LogP contribution is -2.37. The maximum atomic E-state index is 12.0. The summed E-state index contributed by atoms with van der Waals surface area (Å²) in [5.74, 6) is -0.184. The molecule has 1 aliphatic rings. The third-order valence-electron chi connectivity index (χ3n) is 4.43. The number of esters is 1. The van der Waals surface area contributed by atoms with Gasteiger partial charge in [-0.3, -0.25) is 4.79 Å². The summed E-state index contributed by atoms with van der Waals surface area (Å²) in [6.07, 6.45) is 3.53. The Labute approximate surface area is 150 Å². The minimum atomic E-state index is -0.764. The molecule has 0 aromatic heterocycles. The van der Waals surface area contributed by atoms with E-state index < -0.39 is 12.1 Å². The summed E-state index contributed by atoms with van der Waals surface area (Å²) in [6.45, 7) is 7.78. The normalized spacial score (nSPS) is 16.3. The van der Waals surface area contributed by atoms with Gasteiger partial charge in [-0.1, -0.05) is 45.7 Å². The molecule has 0 radical (unpaired) electrons. The second kappa shape index (κ2) is 8.37. The fourth-order valence-corrected chi connectivity index (χ4v) is 2.88. The zero-order valence-electron chi connectivity index (χ0n) is 15.6. The molecule has 1 fully saturated rings. The van der Waals surface area contributed by atoms with E-state index in [0.717, 1.165) is 25.7 Å². The number of hydrogen-bond acceptors (Lipinski definition) is 4. The van der Waals surface area contributed by atoms with Gasteiger partial charge >= 0.3 is 5.97 Å². The van der Waals surface area contributed by atoms with E-state index in [1.807, 2.05) is 24.3 Å². The Bertz CT molecular complexity index is 583. The zero-order valence-corrected chi connectivity index (χ0v) is 15.6. The second-order valence-corrected chi connectivity index (χ2v) is 7.69. The number of carbonyl (C=O) groups is 2. The van der Waals surface area contributed by atoms with Crippen LogP contribution in [0.5, 0.6) is 5.75 Å². The molecule has 1 aromatic rings. The highest BCUT2D eigenvalue weighted by Crippen LogP contribution is 2.24. The molecule has 1 N–H and O–H groups in total. The summed E-state index contributed by atoms with van der Waals surface area (Å²) < 4.78 is 10.7. The van der Waals surface area contributed by atoms with Crippen LogP contribution in [0.1, 0.15) is 58.9 Å². The predicted octanol–water partition coefficient (Wildman–Crippen LogP) is 3.35. The van der Waals surface area contributed by atoms with Gasteiger partial charge in [0.15, 0.2) is 12.7 Å². The highest BCUT2D eigenvalue weighted by Gasteiger charge is 2.21. The lowest BCUT2D eigenvalue weighted by Gasteiger charge is -2.20. The lowest BCUT2D eigenvalue weighted by molar-refractivity contribution is -0.154. The third kappa shape index (κ3) is 6.07. The van der Waals surface area contributed by atoms with E-state index in [9.17, 15) is 9.59 Å². The maximum Gasteiger partial charge on any atom is 0.347 e.